The lowest BCUT2D eigenvalue weighted by Crippen LogP contribution is -2.10. The highest BCUT2D eigenvalue weighted by molar-refractivity contribution is 6.12. The van der Waals surface area contributed by atoms with E-state index in [0.29, 0.717) is 64.2 Å². The van der Waals surface area contributed by atoms with Crippen LogP contribution in [0.4, 0.5) is 0 Å². The van der Waals surface area contributed by atoms with E-state index in [-0.39, 0.29) is 177 Å². The van der Waals surface area contributed by atoms with E-state index in [4.69, 9.17) is 0 Å². The van der Waals surface area contributed by atoms with Crippen LogP contribution in [0.5, 0.6) is 86.2 Å². The second-order valence-corrected chi connectivity index (χ2v) is 36.8. The molecule has 0 bridgehead atoms. The maximum atomic E-state index is 12.7. The quantitative estimate of drug-likeness (QED) is 0.0127. The van der Waals surface area contributed by atoms with Gasteiger partial charge in [-0.2, -0.15) is 0 Å². The third kappa shape index (κ3) is 42.0. The Morgan fingerprint density at radius 3 is 0.530 bits per heavy atom. The number of hydrogen-bond donors (Lipinski definition) is 15. The molecular weight excluding hydrogens is 1710 g/mol. The monoisotopic (exact) mass is 1880 g/mol. The van der Waals surface area contributed by atoms with Gasteiger partial charge in [0.2, 0.25) is 0 Å². The van der Waals surface area contributed by atoms with Gasteiger partial charge in [0.05, 0.1) is 0 Å². The average Bonchev–Trinajstić information content (AvgIpc) is 0.780. The first-order valence-electron chi connectivity index (χ1n) is 50.3. The van der Waals surface area contributed by atoms with Crippen LogP contribution in [0.1, 0.15) is 515 Å². The van der Waals surface area contributed by atoms with E-state index < -0.39 is 115 Å². The SMILES string of the molecule is CC(C)CC(=O)Cc1c(O)cc(O)c(CC(=O)CC(C)C)c1O.CCCCCCC(=O)c1c(O)c(C)c(O)c(C(=O)CCCCCC)c1O.CCCCCCCC(=O)c1c(O)c(C)c(O)c(C(=O)CCCCCCC)c1O.CCCCCCCC(=O)c1c(O)cc(O)c(C(=O)CCCCCCC)c1O.CCCCCCCCC(=O)c1c(O)c(C)c(O)c(C(=O)CCCCCCCC)c1O. The highest BCUT2D eigenvalue weighted by atomic mass is 16.3. The molecule has 754 valence electrons. The van der Waals surface area contributed by atoms with Crippen LogP contribution in [0.3, 0.4) is 0 Å². The van der Waals surface area contributed by atoms with Gasteiger partial charge < -0.3 is 76.6 Å². The molecule has 0 atom stereocenters. The molecule has 25 nitrogen and oxygen atoms in total. The summed E-state index contributed by atoms with van der Waals surface area (Å²) in [6, 6.07) is 2.06. The summed E-state index contributed by atoms with van der Waals surface area (Å²) in [6.45, 7) is 28.8. The smallest absolute Gasteiger partial charge is 0.170 e. The van der Waals surface area contributed by atoms with Crippen molar-refractivity contribution in [3.63, 3.8) is 0 Å². The van der Waals surface area contributed by atoms with Crippen molar-refractivity contribution in [2.24, 2.45) is 11.8 Å². The number of carbonyl (C=O) groups is 10. The molecule has 0 aromatic heterocycles. The van der Waals surface area contributed by atoms with Crippen molar-refractivity contribution in [3.05, 3.63) is 84.5 Å². The summed E-state index contributed by atoms with van der Waals surface area (Å²) in [5.41, 5.74) is -1.61. The number of benzene rings is 5. The van der Waals surface area contributed by atoms with E-state index in [1.165, 1.54) is 33.6 Å². The highest BCUT2D eigenvalue weighted by Crippen LogP contribution is 2.48. The minimum Gasteiger partial charge on any atom is -0.507 e. The molecule has 134 heavy (non-hydrogen) atoms. The Balaban J connectivity index is 0.000000839. The van der Waals surface area contributed by atoms with E-state index >= 15 is 0 Å². The molecule has 0 heterocycles. The number of rotatable bonds is 64. The Bertz CT molecular complexity index is 4250. The van der Waals surface area contributed by atoms with Gasteiger partial charge in [0.1, 0.15) is 142 Å². The number of ketones is 10. The number of phenols is 15. The second kappa shape index (κ2) is 67.9. The predicted octanol–water partition coefficient (Wildman–Crippen LogP) is 27.6. The summed E-state index contributed by atoms with van der Waals surface area (Å²) < 4.78 is 0. The van der Waals surface area contributed by atoms with Gasteiger partial charge in [0.25, 0.3) is 0 Å². The molecule has 0 unspecified atom stereocenters. The Kier molecular flexibility index (Phi) is 61.7. The molecule has 5 aromatic carbocycles. The molecule has 0 aliphatic rings. The molecule has 0 aliphatic carbocycles. The predicted molar refractivity (Wildman–Crippen MR) is 529 cm³/mol. The fourth-order valence-corrected chi connectivity index (χ4v) is 15.9. The first-order valence-corrected chi connectivity index (χ1v) is 50.3. The Hall–Kier alpha value is -10.2. The molecule has 0 radical (unpaired) electrons. The zero-order chi connectivity index (χ0) is 101. The first-order chi connectivity index (χ1) is 63.6. The normalized spacial score (nSPS) is 11.0. The van der Waals surface area contributed by atoms with Crippen molar-refractivity contribution in [1.82, 2.24) is 0 Å². The minimum atomic E-state index is -0.593. The van der Waals surface area contributed by atoms with Gasteiger partial charge in [0, 0.05) is 117 Å². The zero-order valence-electron chi connectivity index (χ0n) is 83.9. The fourth-order valence-electron chi connectivity index (χ4n) is 15.9. The van der Waals surface area contributed by atoms with Gasteiger partial charge in [-0.15, -0.1) is 0 Å². The summed E-state index contributed by atoms with van der Waals surface area (Å²) in [7, 11) is 0. The highest BCUT2D eigenvalue weighted by Gasteiger charge is 2.34. The lowest BCUT2D eigenvalue weighted by molar-refractivity contribution is -0.119. The molecular formula is C109H168O25. The van der Waals surface area contributed by atoms with Gasteiger partial charge in [0.15, 0.2) is 46.3 Å². The van der Waals surface area contributed by atoms with E-state index in [2.05, 4.69) is 55.4 Å². The van der Waals surface area contributed by atoms with E-state index in [9.17, 15) is 125 Å². The van der Waals surface area contributed by atoms with Crippen LogP contribution in [-0.2, 0) is 22.4 Å². The number of Topliss-reactive ketones (excluding diaryl/α,β-unsaturated/α-hetero) is 10. The van der Waals surface area contributed by atoms with Crippen LogP contribution in [0, 0.1) is 32.6 Å². The number of hydrogen-bond acceptors (Lipinski definition) is 25. The average molecular weight is 1880 g/mol. The lowest BCUT2D eigenvalue weighted by atomic mass is 9.92. The van der Waals surface area contributed by atoms with E-state index in [1.807, 2.05) is 27.7 Å². The maximum absolute atomic E-state index is 12.7. The van der Waals surface area contributed by atoms with Gasteiger partial charge in [-0.1, -0.05) is 289 Å². The molecule has 0 saturated carbocycles. The molecule has 15 N–H and O–H groups in total. The van der Waals surface area contributed by atoms with Crippen molar-refractivity contribution >= 4 is 57.8 Å². The van der Waals surface area contributed by atoms with E-state index in [1.54, 1.807) is 0 Å². The number of carbonyl (C=O) groups excluding carboxylic acids is 10. The summed E-state index contributed by atoms with van der Waals surface area (Å²) in [5, 5.41) is 154. The number of aromatic hydroxyl groups is 15. The largest absolute Gasteiger partial charge is 0.507 e. The molecule has 5 rings (SSSR count). The Labute approximate surface area is 798 Å². The summed E-state index contributed by atoms with van der Waals surface area (Å²) >= 11 is 0. The van der Waals surface area contributed by atoms with Crippen molar-refractivity contribution in [2.45, 2.75) is 438 Å². The van der Waals surface area contributed by atoms with Crippen molar-refractivity contribution in [1.29, 1.82) is 0 Å². The van der Waals surface area contributed by atoms with Crippen LogP contribution >= 0.6 is 0 Å². The molecule has 0 spiro atoms. The molecule has 5 aromatic rings. The van der Waals surface area contributed by atoms with Crippen LogP contribution in [0.15, 0.2) is 12.1 Å². The van der Waals surface area contributed by atoms with E-state index in [0.717, 1.165) is 205 Å². The molecule has 25 heteroatoms. The fraction of sp³-hybridized carbons (Fsp3) is 0.633. The minimum absolute atomic E-state index is 0.0524. The zero-order valence-corrected chi connectivity index (χ0v) is 83.9. The third-order valence-corrected chi connectivity index (χ3v) is 24.0. The second-order valence-electron chi connectivity index (χ2n) is 36.8. The van der Waals surface area contributed by atoms with Crippen molar-refractivity contribution in [3.8, 4) is 86.2 Å². The first kappa shape index (κ1) is 122. The molecule has 0 aliphatic heterocycles. The number of unbranched alkanes of at least 4 members (excludes halogenated alkanes) is 32. The van der Waals surface area contributed by atoms with Crippen LogP contribution in [0.2, 0.25) is 0 Å². The van der Waals surface area contributed by atoms with Gasteiger partial charge in [-0.05, 0) is 84.0 Å². The van der Waals surface area contributed by atoms with Crippen LogP contribution < -0.4 is 0 Å². The van der Waals surface area contributed by atoms with Crippen LogP contribution in [0.25, 0.3) is 0 Å². The Morgan fingerprint density at radius 2 is 0.351 bits per heavy atom. The Morgan fingerprint density at radius 1 is 0.201 bits per heavy atom. The number of phenolic OH excluding ortho intramolecular Hbond substituents is 15. The summed E-state index contributed by atoms with van der Waals surface area (Å²) in [5.74, 6) is -10.0. The molecule has 0 saturated heterocycles. The van der Waals surface area contributed by atoms with Gasteiger partial charge in [-0.3, -0.25) is 47.9 Å². The van der Waals surface area contributed by atoms with Crippen molar-refractivity contribution in [2.75, 3.05) is 0 Å². The standard InChI is InChI=1S/C25H40O5.C23H36O5.C22H34O5.C21H32O5.C18H26O5/c1-4-6-8-10-12-14-16-19(26)21-23(28)18(3)24(29)22(25(21)30)20(27)17-15-13-11-9-7-5-2;1-4-6-8-10-12-14-17(24)19-21(26)16(3)22(27)20(23(19)28)18(25)15-13-11-9-7-5-2;1-3-5-7-9-11-13-16(23)20-18(25)15-19(26)21(22(20)27)17(24)14-12-10-8-6-4-2;1-4-6-8-10-12-15(22)17-19(24)14(3)20(25)18(21(17)26)16(23)13-11-9-7-5-2;1-10(2)5-12(19)7-14-16(21)9-17(22)15(18(14)23)8-13(20)6-11(3)4/h28-30H,4-17H2,1-3H3;26-28H,4-15H2,1-3H3;15,25-27H,3-14H2,1-2H3;24-26H,4-13H2,1-3H3;9-11,21-23H,5-8H2,1-4H3. The van der Waals surface area contributed by atoms with Crippen LogP contribution in [-0.4, -0.2) is 134 Å². The van der Waals surface area contributed by atoms with Gasteiger partial charge >= 0.3 is 0 Å². The summed E-state index contributed by atoms with van der Waals surface area (Å²) in [6.07, 6.45) is 40.7. The lowest BCUT2D eigenvalue weighted by Gasteiger charge is -2.15. The van der Waals surface area contributed by atoms with Crippen molar-refractivity contribution < 1.29 is 125 Å². The summed E-state index contributed by atoms with van der Waals surface area (Å²) in [4.78, 5) is 124. The maximum Gasteiger partial charge on any atom is 0.170 e. The topological polar surface area (TPSA) is 474 Å². The van der Waals surface area contributed by atoms with Gasteiger partial charge in [-0.25, -0.2) is 0 Å². The molecule has 0 amide bonds. The molecule has 0 fully saturated rings. The third-order valence-electron chi connectivity index (χ3n) is 24.0.